The van der Waals surface area contributed by atoms with E-state index in [9.17, 15) is 5.11 Å². The maximum absolute atomic E-state index is 9.59. The fourth-order valence-corrected chi connectivity index (χ4v) is 1.23. The maximum atomic E-state index is 9.59. The van der Waals surface area contributed by atoms with Crippen LogP contribution in [0, 0.1) is 5.92 Å². The molecule has 2 unspecified atom stereocenters. The lowest BCUT2D eigenvalue weighted by molar-refractivity contribution is 0.115. The molecule has 0 rings (SSSR count). The van der Waals surface area contributed by atoms with Gasteiger partial charge in [-0.3, -0.25) is 0 Å². The van der Waals surface area contributed by atoms with Crippen molar-refractivity contribution in [3.05, 3.63) is 24.3 Å². The molecule has 0 aliphatic rings. The number of hydrogen-bond donors (Lipinski definition) is 1. The third-order valence-electron chi connectivity index (χ3n) is 2.24. The molecule has 0 aromatic carbocycles. The van der Waals surface area contributed by atoms with E-state index in [0.717, 1.165) is 12.8 Å². The summed E-state index contributed by atoms with van der Waals surface area (Å²) in [7, 11) is 0. The minimum atomic E-state index is -0.219. The van der Waals surface area contributed by atoms with E-state index in [1.165, 1.54) is 5.57 Å². The molecule has 0 aromatic rings. The van der Waals surface area contributed by atoms with Crippen LogP contribution in [0.3, 0.4) is 0 Å². The zero-order valence-corrected chi connectivity index (χ0v) is 9.09. The Morgan fingerprint density at radius 2 is 2.08 bits per heavy atom. The largest absolute Gasteiger partial charge is 0.393 e. The SMILES string of the molecule is C=CCC(O)C(C)CCC=C(C)C. The normalized spacial score (nSPS) is 14.8. The van der Waals surface area contributed by atoms with E-state index in [2.05, 4.69) is 33.4 Å². The van der Waals surface area contributed by atoms with Gasteiger partial charge in [0.25, 0.3) is 0 Å². The first-order chi connectivity index (χ1) is 6.07. The molecule has 0 amide bonds. The first-order valence-corrected chi connectivity index (χ1v) is 5.00. The van der Waals surface area contributed by atoms with Gasteiger partial charge >= 0.3 is 0 Å². The van der Waals surface area contributed by atoms with Crippen LogP contribution in [-0.2, 0) is 0 Å². The van der Waals surface area contributed by atoms with Gasteiger partial charge < -0.3 is 5.11 Å². The molecular weight excluding hydrogens is 160 g/mol. The lowest BCUT2D eigenvalue weighted by atomic mass is 9.96. The summed E-state index contributed by atoms with van der Waals surface area (Å²) in [4.78, 5) is 0. The second kappa shape index (κ2) is 6.90. The Morgan fingerprint density at radius 1 is 1.46 bits per heavy atom. The molecule has 76 valence electrons. The first kappa shape index (κ1) is 12.4. The van der Waals surface area contributed by atoms with Crippen LogP contribution in [0.2, 0.25) is 0 Å². The van der Waals surface area contributed by atoms with Gasteiger partial charge in [0.05, 0.1) is 6.10 Å². The molecule has 0 bridgehead atoms. The molecule has 13 heavy (non-hydrogen) atoms. The predicted octanol–water partition coefficient (Wildman–Crippen LogP) is 3.31. The molecule has 1 N–H and O–H groups in total. The van der Waals surface area contributed by atoms with Crippen molar-refractivity contribution in [3.8, 4) is 0 Å². The highest BCUT2D eigenvalue weighted by atomic mass is 16.3. The van der Waals surface area contributed by atoms with Crippen molar-refractivity contribution < 1.29 is 5.11 Å². The Kier molecular flexibility index (Phi) is 6.61. The summed E-state index contributed by atoms with van der Waals surface area (Å²) in [5.41, 5.74) is 1.35. The minimum absolute atomic E-state index is 0.219. The van der Waals surface area contributed by atoms with Gasteiger partial charge in [0.2, 0.25) is 0 Å². The molecule has 2 atom stereocenters. The van der Waals surface area contributed by atoms with Crippen LogP contribution in [0.1, 0.15) is 40.0 Å². The van der Waals surface area contributed by atoms with Gasteiger partial charge in [-0.2, -0.15) is 0 Å². The van der Waals surface area contributed by atoms with E-state index in [1.54, 1.807) is 6.08 Å². The molecule has 1 heteroatoms. The molecular formula is C12H22O. The highest BCUT2D eigenvalue weighted by Crippen LogP contribution is 2.14. The topological polar surface area (TPSA) is 20.2 Å². The average Bonchev–Trinajstić information content (AvgIpc) is 2.04. The molecule has 1 nitrogen and oxygen atoms in total. The predicted molar refractivity (Wildman–Crippen MR) is 58.6 cm³/mol. The molecule has 0 radical (unpaired) electrons. The molecule has 0 aliphatic heterocycles. The lowest BCUT2D eigenvalue weighted by Crippen LogP contribution is -2.16. The van der Waals surface area contributed by atoms with Crippen molar-refractivity contribution >= 4 is 0 Å². The Bertz CT molecular complexity index is 166. The van der Waals surface area contributed by atoms with Crippen molar-refractivity contribution in [2.75, 3.05) is 0 Å². The van der Waals surface area contributed by atoms with Crippen molar-refractivity contribution in [3.63, 3.8) is 0 Å². The van der Waals surface area contributed by atoms with Crippen LogP contribution in [0.15, 0.2) is 24.3 Å². The standard InChI is InChI=1S/C12H22O/c1-5-7-12(13)11(4)9-6-8-10(2)3/h5,8,11-13H,1,6-7,9H2,2-4H3. The Hall–Kier alpha value is -0.560. The lowest BCUT2D eigenvalue weighted by Gasteiger charge is -2.16. The van der Waals surface area contributed by atoms with Crippen LogP contribution >= 0.6 is 0 Å². The minimum Gasteiger partial charge on any atom is -0.393 e. The summed E-state index contributed by atoms with van der Waals surface area (Å²) < 4.78 is 0. The van der Waals surface area contributed by atoms with E-state index >= 15 is 0 Å². The number of rotatable bonds is 6. The highest BCUT2D eigenvalue weighted by Gasteiger charge is 2.10. The monoisotopic (exact) mass is 182 g/mol. The van der Waals surface area contributed by atoms with E-state index in [4.69, 9.17) is 0 Å². The summed E-state index contributed by atoms with van der Waals surface area (Å²) in [5.74, 6) is 0.369. The van der Waals surface area contributed by atoms with Gasteiger partial charge in [0, 0.05) is 0 Å². The van der Waals surface area contributed by atoms with Crippen LogP contribution in [-0.4, -0.2) is 11.2 Å². The molecule has 0 saturated carbocycles. The molecule has 0 spiro atoms. The van der Waals surface area contributed by atoms with Gasteiger partial charge in [0.15, 0.2) is 0 Å². The van der Waals surface area contributed by atoms with Crippen LogP contribution < -0.4 is 0 Å². The number of allylic oxidation sites excluding steroid dienone is 2. The van der Waals surface area contributed by atoms with Gasteiger partial charge in [-0.25, -0.2) is 0 Å². The zero-order chi connectivity index (χ0) is 10.3. The fourth-order valence-electron chi connectivity index (χ4n) is 1.23. The van der Waals surface area contributed by atoms with E-state index in [-0.39, 0.29) is 6.10 Å². The van der Waals surface area contributed by atoms with E-state index in [1.807, 2.05) is 0 Å². The third kappa shape index (κ3) is 6.59. The van der Waals surface area contributed by atoms with Crippen LogP contribution in [0.4, 0.5) is 0 Å². The van der Waals surface area contributed by atoms with Crippen molar-refractivity contribution in [1.82, 2.24) is 0 Å². The summed E-state index contributed by atoms with van der Waals surface area (Å²) >= 11 is 0. The van der Waals surface area contributed by atoms with Crippen molar-refractivity contribution in [2.45, 2.75) is 46.1 Å². The fraction of sp³-hybridized carbons (Fsp3) is 0.667. The Balaban J connectivity index is 3.66. The molecule has 0 aromatic heterocycles. The van der Waals surface area contributed by atoms with E-state index in [0.29, 0.717) is 12.3 Å². The maximum Gasteiger partial charge on any atom is 0.0600 e. The van der Waals surface area contributed by atoms with Crippen molar-refractivity contribution in [1.29, 1.82) is 0 Å². The molecule has 0 aliphatic carbocycles. The second-order valence-electron chi connectivity index (χ2n) is 3.93. The average molecular weight is 182 g/mol. The van der Waals surface area contributed by atoms with Crippen LogP contribution in [0.5, 0.6) is 0 Å². The van der Waals surface area contributed by atoms with E-state index < -0.39 is 0 Å². The quantitative estimate of drug-likeness (QED) is 0.625. The summed E-state index contributed by atoms with van der Waals surface area (Å²) in [6, 6.07) is 0. The van der Waals surface area contributed by atoms with Gasteiger partial charge in [0.1, 0.15) is 0 Å². The van der Waals surface area contributed by atoms with Crippen molar-refractivity contribution in [2.24, 2.45) is 5.92 Å². The van der Waals surface area contributed by atoms with Crippen LogP contribution in [0.25, 0.3) is 0 Å². The summed E-state index contributed by atoms with van der Waals surface area (Å²) in [5, 5.41) is 9.59. The number of aliphatic hydroxyl groups is 1. The summed E-state index contributed by atoms with van der Waals surface area (Å²) in [6.07, 6.45) is 6.61. The number of hydrogen-bond acceptors (Lipinski definition) is 1. The Labute approximate surface area is 82.2 Å². The smallest absolute Gasteiger partial charge is 0.0600 e. The van der Waals surface area contributed by atoms with Gasteiger partial charge in [-0.15, -0.1) is 6.58 Å². The molecule has 0 saturated heterocycles. The number of aliphatic hydroxyl groups excluding tert-OH is 1. The highest BCUT2D eigenvalue weighted by molar-refractivity contribution is 4.93. The Morgan fingerprint density at radius 3 is 2.54 bits per heavy atom. The summed E-state index contributed by atoms with van der Waals surface area (Å²) in [6.45, 7) is 9.91. The molecule has 0 fully saturated rings. The van der Waals surface area contributed by atoms with Gasteiger partial charge in [-0.05, 0) is 39.0 Å². The zero-order valence-electron chi connectivity index (χ0n) is 9.09. The van der Waals surface area contributed by atoms with Gasteiger partial charge in [-0.1, -0.05) is 24.6 Å². The first-order valence-electron chi connectivity index (χ1n) is 5.00. The second-order valence-corrected chi connectivity index (χ2v) is 3.93. The molecule has 0 heterocycles. The third-order valence-corrected chi connectivity index (χ3v) is 2.24.